The average Bonchev–Trinajstić information content (AvgIpc) is 3.22. The van der Waals surface area contributed by atoms with E-state index in [9.17, 15) is 14.4 Å². The minimum absolute atomic E-state index is 0.113. The highest BCUT2D eigenvalue weighted by atomic mass is 16.5. The molecule has 0 saturated carbocycles. The molecule has 0 saturated heterocycles. The number of benzene rings is 2. The molecule has 10 nitrogen and oxygen atoms in total. The van der Waals surface area contributed by atoms with Crippen LogP contribution < -0.4 is 9.47 Å². The minimum Gasteiger partial charge on any atom is -0.493 e. The molecule has 3 aromatic rings. The first-order valence-corrected chi connectivity index (χ1v) is 9.29. The maximum Gasteiger partial charge on any atom is 0.357 e. The van der Waals surface area contributed by atoms with Gasteiger partial charge in [-0.1, -0.05) is 18.2 Å². The second-order valence-electron chi connectivity index (χ2n) is 6.35. The highest BCUT2D eigenvalue weighted by molar-refractivity contribution is 6.06. The van der Waals surface area contributed by atoms with E-state index in [1.54, 1.807) is 36.4 Å². The summed E-state index contributed by atoms with van der Waals surface area (Å²) in [6, 6.07) is 13.3. The quantitative estimate of drug-likeness (QED) is 0.526. The molecule has 0 aliphatic rings. The zero-order valence-corrected chi connectivity index (χ0v) is 17.5. The molecular weight excluding hydrogens is 420 g/mol. The molecule has 1 heterocycles. The van der Waals surface area contributed by atoms with E-state index in [1.807, 2.05) is 0 Å². The Morgan fingerprint density at radius 3 is 2.22 bits per heavy atom. The number of aromatic nitrogens is 2. The largest absolute Gasteiger partial charge is 0.493 e. The highest BCUT2D eigenvalue weighted by Gasteiger charge is 2.31. The van der Waals surface area contributed by atoms with Crippen molar-refractivity contribution in [1.29, 1.82) is 0 Å². The molecule has 1 aromatic heterocycles. The predicted molar refractivity (Wildman–Crippen MR) is 111 cm³/mol. The van der Waals surface area contributed by atoms with Gasteiger partial charge in [-0.05, 0) is 30.3 Å². The number of hydrogen-bond donors (Lipinski definition) is 1. The van der Waals surface area contributed by atoms with Crippen LogP contribution >= 0.6 is 0 Å². The number of methoxy groups -OCH3 is 3. The van der Waals surface area contributed by atoms with E-state index in [-0.39, 0.29) is 28.5 Å². The fourth-order valence-electron chi connectivity index (χ4n) is 3.03. The summed E-state index contributed by atoms with van der Waals surface area (Å²) >= 11 is 0. The first kappa shape index (κ1) is 22.3. The normalized spacial score (nSPS) is 10.3. The van der Waals surface area contributed by atoms with E-state index in [2.05, 4.69) is 5.10 Å². The minimum atomic E-state index is -1.17. The molecule has 0 unspecified atom stereocenters. The van der Waals surface area contributed by atoms with Gasteiger partial charge < -0.3 is 24.1 Å². The van der Waals surface area contributed by atoms with E-state index < -0.39 is 24.5 Å². The smallest absolute Gasteiger partial charge is 0.357 e. The summed E-state index contributed by atoms with van der Waals surface area (Å²) in [5, 5.41) is 13.4. The molecule has 0 spiro atoms. The Hall–Kier alpha value is -4.34. The summed E-state index contributed by atoms with van der Waals surface area (Å²) in [7, 11) is 3.78. The molecule has 0 aliphatic carbocycles. The third-order valence-electron chi connectivity index (χ3n) is 4.44. The fraction of sp³-hybridized carbons (Fsp3) is 0.182. The Balaban J connectivity index is 2.27. The molecule has 0 radical (unpaired) electrons. The van der Waals surface area contributed by atoms with Crippen molar-refractivity contribution in [1.82, 2.24) is 9.78 Å². The van der Waals surface area contributed by atoms with Crippen LogP contribution in [0, 0.1) is 0 Å². The number of hydrogen-bond acceptors (Lipinski definition) is 8. The lowest BCUT2D eigenvalue weighted by Gasteiger charge is -2.11. The van der Waals surface area contributed by atoms with Crippen molar-refractivity contribution in [3.05, 3.63) is 59.8 Å². The topological polar surface area (TPSA) is 126 Å². The number of rotatable bonds is 8. The van der Waals surface area contributed by atoms with Crippen molar-refractivity contribution in [2.24, 2.45) is 0 Å². The molecule has 166 valence electrons. The van der Waals surface area contributed by atoms with Gasteiger partial charge in [0.2, 0.25) is 0 Å². The Bertz CT molecular complexity index is 1150. The van der Waals surface area contributed by atoms with E-state index in [0.717, 1.165) is 0 Å². The van der Waals surface area contributed by atoms with Crippen molar-refractivity contribution in [2.45, 2.75) is 0 Å². The molecule has 32 heavy (non-hydrogen) atoms. The molecule has 3 rings (SSSR count). The summed E-state index contributed by atoms with van der Waals surface area (Å²) in [6.45, 7) is -0.602. The van der Waals surface area contributed by atoms with Crippen LogP contribution in [0.4, 0.5) is 0 Å². The number of ether oxygens (including phenoxy) is 4. The van der Waals surface area contributed by atoms with E-state index in [0.29, 0.717) is 11.3 Å². The molecular formula is C22H20N2O8. The summed E-state index contributed by atoms with van der Waals surface area (Å²) < 4.78 is 21.6. The lowest BCUT2D eigenvalue weighted by molar-refractivity contribution is -0.139. The van der Waals surface area contributed by atoms with Crippen molar-refractivity contribution in [2.75, 3.05) is 27.9 Å². The third-order valence-corrected chi connectivity index (χ3v) is 4.44. The molecule has 0 amide bonds. The monoisotopic (exact) mass is 440 g/mol. The first-order valence-electron chi connectivity index (χ1n) is 9.29. The van der Waals surface area contributed by atoms with Gasteiger partial charge in [-0.15, -0.1) is 0 Å². The standard InChI is InChI=1S/C22H20N2O8/c1-29-15-10-9-13(11-16(15)32-12-17(25)26)19-18(21(27)30-2)20(22(28)31-3)24(23-19)14-7-5-4-6-8-14/h4-11H,12H2,1-3H3,(H,25,26). The highest BCUT2D eigenvalue weighted by Crippen LogP contribution is 2.35. The van der Waals surface area contributed by atoms with Crippen LogP contribution in [-0.2, 0) is 14.3 Å². The van der Waals surface area contributed by atoms with E-state index in [4.69, 9.17) is 24.1 Å². The molecule has 1 N–H and O–H groups in total. The van der Waals surface area contributed by atoms with Gasteiger partial charge in [-0.3, -0.25) is 0 Å². The fourth-order valence-corrected chi connectivity index (χ4v) is 3.03. The third kappa shape index (κ3) is 4.38. The number of carboxylic acids is 1. The van der Waals surface area contributed by atoms with Gasteiger partial charge in [-0.2, -0.15) is 5.10 Å². The van der Waals surface area contributed by atoms with Gasteiger partial charge in [0.15, 0.2) is 23.8 Å². The SMILES string of the molecule is COC(=O)c1c(-c2ccc(OC)c(OCC(=O)O)c2)nn(-c2ccccc2)c1C(=O)OC. The Morgan fingerprint density at radius 1 is 0.938 bits per heavy atom. The number of aliphatic carboxylic acids is 1. The van der Waals surface area contributed by atoms with Crippen LogP contribution in [0.25, 0.3) is 16.9 Å². The molecule has 0 fully saturated rings. The summed E-state index contributed by atoms with van der Waals surface area (Å²) in [6.07, 6.45) is 0. The number of esters is 2. The van der Waals surface area contributed by atoms with Gasteiger partial charge in [0.1, 0.15) is 11.3 Å². The average molecular weight is 440 g/mol. The predicted octanol–water partition coefficient (Wildman–Crippen LogP) is 2.58. The number of carbonyl (C=O) groups excluding carboxylic acids is 2. The van der Waals surface area contributed by atoms with Gasteiger partial charge in [0, 0.05) is 5.56 Å². The number of para-hydroxylation sites is 1. The first-order chi connectivity index (χ1) is 15.4. The van der Waals surface area contributed by atoms with Gasteiger partial charge in [-0.25, -0.2) is 19.1 Å². The van der Waals surface area contributed by atoms with Crippen LogP contribution in [0.2, 0.25) is 0 Å². The van der Waals surface area contributed by atoms with Gasteiger partial charge in [0.05, 0.1) is 27.0 Å². The molecule has 0 aliphatic heterocycles. The number of carbonyl (C=O) groups is 3. The Morgan fingerprint density at radius 2 is 1.62 bits per heavy atom. The maximum atomic E-state index is 12.7. The van der Waals surface area contributed by atoms with Gasteiger partial charge >= 0.3 is 17.9 Å². The lowest BCUT2D eigenvalue weighted by atomic mass is 10.0. The number of nitrogens with zero attached hydrogens (tertiary/aromatic N) is 2. The zero-order valence-electron chi connectivity index (χ0n) is 17.5. The molecule has 0 bridgehead atoms. The van der Waals surface area contributed by atoms with Crippen molar-refractivity contribution < 1.29 is 38.4 Å². The second-order valence-corrected chi connectivity index (χ2v) is 6.35. The van der Waals surface area contributed by atoms with Crippen LogP contribution in [0.3, 0.4) is 0 Å². The summed E-state index contributed by atoms with van der Waals surface area (Å²) in [5.41, 5.74) is 0.762. The molecule has 0 atom stereocenters. The van der Waals surface area contributed by atoms with Crippen LogP contribution in [0.1, 0.15) is 20.8 Å². The van der Waals surface area contributed by atoms with Crippen molar-refractivity contribution in [3.8, 4) is 28.4 Å². The van der Waals surface area contributed by atoms with Crippen LogP contribution in [0.15, 0.2) is 48.5 Å². The number of carboxylic acid groups (broad SMARTS) is 1. The maximum absolute atomic E-state index is 12.7. The van der Waals surface area contributed by atoms with E-state index >= 15 is 0 Å². The van der Waals surface area contributed by atoms with E-state index in [1.165, 1.54) is 38.1 Å². The Kier molecular flexibility index (Phi) is 6.74. The van der Waals surface area contributed by atoms with Crippen LogP contribution in [-0.4, -0.2) is 60.7 Å². The van der Waals surface area contributed by atoms with Gasteiger partial charge in [0.25, 0.3) is 0 Å². The Labute approximate surface area is 182 Å². The molecule has 2 aromatic carbocycles. The summed E-state index contributed by atoms with van der Waals surface area (Å²) in [4.78, 5) is 36.3. The van der Waals surface area contributed by atoms with Crippen molar-refractivity contribution >= 4 is 17.9 Å². The second kappa shape index (κ2) is 9.65. The lowest BCUT2D eigenvalue weighted by Crippen LogP contribution is -2.15. The van der Waals surface area contributed by atoms with Crippen LogP contribution in [0.5, 0.6) is 11.5 Å². The van der Waals surface area contributed by atoms with Crippen molar-refractivity contribution in [3.63, 3.8) is 0 Å². The molecule has 10 heteroatoms. The zero-order chi connectivity index (χ0) is 23.3. The summed E-state index contributed by atoms with van der Waals surface area (Å²) in [5.74, 6) is -2.35.